The monoisotopic (exact) mass is 598 g/mol. The Balaban J connectivity index is 1.29. The molecule has 0 spiro atoms. The van der Waals surface area contributed by atoms with Gasteiger partial charge < -0.3 is 9.97 Å². The van der Waals surface area contributed by atoms with Gasteiger partial charge >= 0.3 is 0 Å². The van der Waals surface area contributed by atoms with E-state index in [1.165, 1.54) is 11.1 Å². The molecule has 2 aromatic heterocycles. The van der Waals surface area contributed by atoms with Crippen LogP contribution in [0.15, 0.2) is 133 Å². The van der Waals surface area contributed by atoms with E-state index in [9.17, 15) is 0 Å². The van der Waals surface area contributed by atoms with Crippen LogP contribution in [0.5, 0.6) is 0 Å². The number of hydrogen-bond donors (Lipinski definition) is 2. The second-order valence-corrected chi connectivity index (χ2v) is 12.5. The van der Waals surface area contributed by atoms with Crippen LogP contribution in [0.4, 0.5) is 0 Å². The highest BCUT2D eigenvalue weighted by Gasteiger charge is 2.18. The maximum Gasteiger partial charge on any atom is 0.138 e. The summed E-state index contributed by atoms with van der Waals surface area (Å²) in [6.07, 6.45) is 0. The maximum atomic E-state index is 5.15. The van der Waals surface area contributed by atoms with Gasteiger partial charge in [-0.2, -0.15) is 0 Å². The topological polar surface area (TPSA) is 57.4 Å². The fourth-order valence-electron chi connectivity index (χ4n) is 5.90. The van der Waals surface area contributed by atoms with E-state index in [4.69, 9.17) is 9.97 Å². The van der Waals surface area contributed by atoms with Crippen LogP contribution in [0.25, 0.3) is 67.8 Å². The van der Waals surface area contributed by atoms with Gasteiger partial charge in [-0.25, -0.2) is 9.97 Å². The Morgan fingerprint density at radius 1 is 0.370 bits per heavy atom. The van der Waals surface area contributed by atoms with Crippen LogP contribution in [0.2, 0.25) is 0 Å². The molecule has 0 atom stereocenters. The quantitative estimate of drug-likeness (QED) is 0.183. The number of benzene rings is 5. The van der Waals surface area contributed by atoms with Gasteiger partial charge in [0.25, 0.3) is 0 Å². The van der Waals surface area contributed by atoms with Crippen molar-refractivity contribution in [3.63, 3.8) is 0 Å². The minimum Gasteiger partial charge on any atom is -0.337 e. The molecule has 0 aliphatic carbocycles. The minimum absolute atomic E-state index is 0.484. The minimum atomic E-state index is 0.484. The van der Waals surface area contributed by atoms with Crippen molar-refractivity contribution in [3.8, 4) is 67.8 Å². The molecule has 46 heavy (non-hydrogen) atoms. The lowest BCUT2D eigenvalue weighted by Crippen LogP contribution is -1.88. The summed E-state index contributed by atoms with van der Waals surface area (Å²) in [7, 11) is 0. The molecule has 5 aromatic carbocycles. The Kier molecular flexibility index (Phi) is 7.94. The fraction of sp³-hybridized carbons (Fsp3) is 0.143. The van der Waals surface area contributed by atoms with Gasteiger partial charge in [-0.15, -0.1) is 0 Å². The zero-order chi connectivity index (χ0) is 31.6. The first-order valence-corrected chi connectivity index (χ1v) is 16.1. The average Bonchev–Trinajstić information content (AvgIpc) is 3.76. The molecule has 0 radical (unpaired) electrons. The summed E-state index contributed by atoms with van der Waals surface area (Å²) in [5.74, 6) is 2.69. The third kappa shape index (κ3) is 5.82. The van der Waals surface area contributed by atoms with Crippen molar-refractivity contribution < 1.29 is 0 Å². The van der Waals surface area contributed by atoms with E-state index >= 15 is 0 Å². The number of imidazole rings is 2. The number of aromatic nitrogens is 4. The largest absolute Gasteiger partial charge is 0.337 e. The van der Waals surface area contributed by atoms with E-state index in [1.807, 2.05) is 12.1 Å². The molecule has 0 saturated carbocycles. The van der Waals surface area contributed by atoms with Gasteiger partial charge in [0.05, 0.1) is 22.8 Å². The highest BCUT2D eigenvalue weighted by atomic mass is 14.9. The summed E-state index contributed by atoms with van der Waals surface area (Å²) in [6, 6.07) is 46.9. The van der Waals surface area contributed by atoms with Crippen molar-refractivity contribution in [2.45, 2.75) is 39.5 Å². The SMILES string of the molecule is CC(C)c1ccc(-c2nc(-c3ccc(-c4nc(-c5ccc(C(C)C)cc5)[nH]c4-c4ccccc4)cc3)c(-c3ccccc3)[nH]2)cc1. The van der Waals surface area contributed by atoms with Gasteiger partial charge in [-0.05, 0) is 23.0 Å². The maximum absolute atomic E-state index is 5.15. The van der Waals surface area contributed by atoms with Gasteiger partial charge in [0.15, 0.2) is 0 Å². The standard InChI is InChI=1S/C42H38N4/c1-27(2)29-15-23-35(24-16-29)41-43-37(31-11-7-5-8-12-31)39(45-41)33-19-21-34(22-20-33)40-38(32-13-9-6-10-14-32)44-42(46-40)36-25-17-30(18-26-36)28(3)4/h5-28H,1-4H3,(H,43,45)(H,44,46). The van der Waals surface area contributed by atoms with Gasteiger partial charge in [0, 0.05) is 33.4 Å². The van der Waals surface area contributed by atoms with Crippen LogP contribution in [0, 0.1) is 0 Å². The molecule has 2 N–H and O–H groups in total. The highest BCUT2D eigenvalue weighted by Crippen LogP contribution is 2.37. The first-order valence-electron chi connectivity index (χ1n) is 16.1. The van der Waals surface area contributed by atoms with E-state index in [0.29, 0.717) is 11.8 Å². The van der Waals surface area contributed by atoms with Crippen LogP contribution in [-0.2, 0) is 0 Å². The Hall–Kier alpha value is -5.48. The molecule has 4 heteroatoms. The highest BCUT2D eigenvalue weighted by molar-refractivity contribution is 5.85. The molecular weight excluding hydrogens is 560 g/mol. The van der Waals surface area contributed by atoms with Crippen molar-refractivity contribution in [2.75, 3.05) is 0 Å². The van der Waals surface area contributed by atoms with Gasteiger partial charge in [-0.3, -0.25) is 0 Å². The summed E-state index contributed by atoms with van der Waals surface area (Å²) in [6.45, 7) is 8.86. The van der Waals surface area contributed by atoms with E-state index in [2.05, 4.69) is 159 Å². The summed E-state index contributed by atoms with van der Waals surface area (Å²) < 4.78 is 0. The second-order valence-electron chi connectivity index (χ2n) is 12.5. The Morgan fingerprint density at radius 3 is 1.02 bits per heavy atom. The van der Waals surface area contributed by atoms with Crippen LogP contribution in [0.3, 0.4) is 0 Å². The zero-order valence-corrected chi connectivity index (χ0v) is 26.8. The van der Waals surface area contributed by atoms with Crippen LogP contribution >= 0.6 is 0 Å². The Labute approximate surface area is 271 Å². The molecule has 0 aliphatic heterocycles. The predicted octanol–water partition coefficient (Wildman–Crippen LogP) is 11.4. The van der Waals surface area contributed by atoms with Crippen molar-refractivity contribution in [3.05, 3.63) is 145 Å². The average molecular weight is 599 g/mol. The third-order valence-electron chi connectivity index (χ3n) is 8.67. The summed E-state index contributed by atoms with van der Waals surface area (Å²) >= 11 is 0. The molecule has 0 fully saturated rings. The molecule has 0 aliphatic rings. The van der Waals surface area contributed by atoms with E-state index in [-0.39, 0.29) is 0 Å². The molecule has 0 saturated heterocycles. The van der Waals surface area contributed by atoms with Crippen LogP contribution in [-0.4, -0.2) is 19.9 Å². The van der Waals surface area contributed by atoms with E-state index in [0.717, 1.165) is 67.8 Å². The first-order chi connectivity index (χ1) is 22.4. The molecule has 7 rings (SSSR count). The summed E-state index contributed by atoms with van der Waals surface area (Å²) in [5, 5.41) is 0. The molecule has 2 heterocycles. The summed E-state index contributed by atoms with van der Waals surface area (Å²) in [4.78, 5) is 17.6. The van der Waals surface area contributed by atoms with Crippen molar-refractivity contribution in [1.82, 2.24) is 19.9 Å². The summed E-state index contributed by atoms with van der Waals surface area (Å²) in [5.41, 5.74) is 12.9. The number of nitrogens with zero attached hydrogens (tertiary/aromatic N) is 2. The lowest BCUT2D eigenvalue weighted by atomic mass is 10.0. The molecule has 226 valence electrons. The zero-order valence-electron chi connectivity index (χ0n) is 26.8. The van der Waals surface area contributed by atoms with Gasteiger partial charge in [0.2, 0.25) is 0 Å². The fourth-order valence-corrected chi connectivity index (χ4v) is 5.90. The number of H-pyrrole nitrogens is 2. The lowest BCUT2D eigenvalue weighted by Gasteiger charge is -2.06. The van der Waals surface area contributed by atoms with Crippen molar-refractivity contribution >= 4 is 0 Å². The molecule has 7 aromatic rings. The van der Waals surface area contributed by atoms with Crippen molar-refractivity contribution in [1.29, 1.82) is 0 Å². The molecular formula is C42H38N4. The molecule has 0 unspecified atom stereocenters. The third-order valence-corrected chi connectivity index (χ3v) is 8.67. The van der Waals surface area contributed by atoms with Crippen molar-refractivity contribution in [2.24, 2.45) is 0 Å². The number of hydrogen-bond acceptors (Lipinski definition) is 2. The van der Waals surface area contributed by atoms with E-state index in [1.54, 1.807) is 0 Å². The number of nitrogens with one attached hydrogen (secondary N) is 2. The van der Waals surface area contributed by atoms with Gasteiger partial charge in [0.1, 0.15) is 11.6 Å². The predicted molar refractivity (Wildman–Crippen MR) is 192 cm³/mol. The van der Waals surface area contributed by atoms with E-state index < -0.39 is 0 Å². The Morgan fingerprint density at radius 2 is 0.696 bits per heavy atom. The van der Waals surface area contributed by atoms with Crippen LogP contribution < -0.4 is 0 Å². The van der Waals surface area contributed by atoms with Crippen LogP contribution in [0.1, 0.15) is 50.7 Å². The smallest absolute Gasteiger partial charge is 0.138 e. The van der Waals surface area contributed by atoms with Gasteiger partial charge in [-0.1, -0.05) is 161 Å². The number of rotatable bonds is 8. The Bertz CT molecular complexity index is 1900. The normalized spacial score (nSPS) is 11.4. The number of aromatic amines is 2. The molecule has 0 bridgehead atoms. The lowest BCUT2D eigenvalue weighted by molar-refractivity contribution is 0.867. The molecule has 0 amide bonds. The first kappa shape index (κ1) is 29.2. The molecule has 4 nitrogen and oxygen atoms in total. The second kappa shape index (κ2) is 12.5.